The second-order valence-corrected chi connectivity index (χ2v) is 3.80. The minimum absolute atomic E-state index is 0.121. The Kier molecular flexibility index (Phi) is 3.56. The van der Waals surface area contributed by atoms with Gasteiger partial charge in [0.25, 0.3) is 5.91 Å². The number of para-hydroxylation sites is 1. The van der Waals surface area contributed by atoms with E-state index in [1.54, 1.807) is 12.1 Å². The molecule has 0 bridgehead atoms. The molecule has 96 valence electrons. The molecule has 0 saturated heterocycles. The second kappa shape index (κ2) is 5.30. The van der Waals surface area contributed by atoms with E-state index in [-0.39, 0.29) is 22.6 Å². The summed E-state index contributed by atoms with van der Waals surface area (Å²) in [6, 6.07) is 9.89. The monoisotopic (exact) mass is 259 g/mol. The van der Waals surface area contributed by atoms with E-state index in [4.69, 9.17) is 10.5 Å². The SMILES string of the molecule is NC(=O)c1ccccc1Oc1cc(F)cc(C=O)c1. The van der Waals surface area contributed by atoms with Gasteiger partial charge in [0.05, 0.1) is 5.56 Å². The second-order valence-electron chi connectivity index (χ2n) is 3.80. The molecule has 0 radical (unpaired) electrons. The van der Waals surface area contributed by atoms with E-state index in [1.165, 1.54) is 18.2 Å². The summed E-state index contributed by atoms with van der Waals surface area (Å²) in [6.07, 6.45) is 0.510. The van der Waals surface area contributed by atoms with Crippen LogP contribution in [0.4, 0.5) is 4.39 Å². The zero-order valence-corrected chi connectivity index (χ0v) is 9.80. The summed E-state index contributed by atoms with van der Waals surface area (Å²) in [6.45, 7) is 0. The molecular formula is C14H10FNO3. The molecule has 4 nitrogen and oxygen atoms in total. The number of carbonyl (C=O) groups excluding carboxylic acids is 2. The van der Waals surface area contributed by atoms with Crippen molar-refractivity contribution in [2.45, 2.75) is 0 Å². The van der Waals surface area contributed by atoms with Crippen LogP contribution in [0.1, 0.15) is 20.7 Å². The molecule has 19 heavy (non-hydrogen) atoms. The number of halogens is 1. The fourth-order valence-corrected chi connectivity index (χ4v) is 1.60. The minimum atomic E-state index is -0.650. The molecule has 2 aromatic carbocycles. The van der Waals surface area contributed by atoms with Crippen LogP contribution >= 0.6 is 0 Å². The Morgan fingerprint density at radius 2 is 1.95 bits per heavy atom. The number of aldehydes is 1. The zero-order chi connectivity index (χ0) is 13.8. The van der Waals surface area contributed by atoms with Crippen LogP contribution in [-0.4, -0.2) is 12.2 Å². The molecule has 2 N–H and O–H groups in total. The van der Waals surface area contributed by atoms with Crippen LogP contribution in [0.25, 0.3) is 0 Å². The van der Waals surface area contributed by atoms with Crippen molar-refractivity contribution in [3.63, 3.8) is 0 Å². The quantitative estimate of drug-likeness (QED) is 0.858. The summed E-state index contributed by atoms with van der Waals surface area (Å²) in [5.74, 6) is -0.924. The highest BCUT2D eigenvalue weighted by Crippen LogP contribution is 2.26. The molecule has 0 aliphatic rings. The summed E-state index contributed by atoms with van der Waals surface area (Å²) in [5.41, 5.74) is 5.53. The Labute approximate surface area is 108 Å². The van der Waals surface area contributed by atoms with Gasteiger partial charge >= 0.3 is 0 Å². The van der Waals surface area contributed by atoms with E-state index in [9.17, 15) is 14.0 Å². The fraction of sp³-hybridized carbons (Fsp3) is 0. The first-order chi connectivity index (χ1) is 9.10. The zero-order valence-electron chi connectivity index (χ0n) is 9.80. The maximum absolute atomic E-state index is 13.2. The molecule has 0 spiro atoms. The smallest absolute Gasteiger partial charge is 0.252 e. The topological polar surface area (TPSA) is 69.4 Å². The van der Waals surface area contributed by atoms with Crippen LogP contribution in [-0.2, 0) is 0 Å². The summed E-state index contributed by atoms with van der Waals surface area (Å²) in [7, 11) is 0. The van der Waals surface area contributed by atoms with Crippen molar-refractivity contribution in [2.24, 2.45) is 5.73 Å². The highest BCUT2D eigenvalue weighted by atomic mass is 19.1. The summed E-state index contributed by atoms with van der Waals surface area (Å²) >= 11 is 0. The predicted octanol–water partition coefficient (Wildman–Crippen LogP) is 2.53. The molecule has 0 heterocycles. The van der Waals surface area contributed by atoms with Crippen molar-refractivity contribution in [1.82, 2.24) is 0 Å². The number of amides is 1. The van der Waals surface area contributed by atoms with Gasteiger partial charge in [-0.2, -0.15) is 0 Å². The first kappa shape index (κ1) is 12.8. The molecule has 2 rings (SSSR count). The van der Waals surface area contributed by atoms with Gasteiger partial charge in [0.15, 0.2) is 0 Å². The third-order valence-electron chi connectivity index (χ3n) is 2.41. The average molecular weight is 259 g/mol. The van der Waals surface area contributed by atoms with Gasteiger partial charge in [0.1, 0.15) is 23.6 Å². The number of rotatable bonds is 4. The van der Waals surface area contributed by atoms with Crippen molar-refractivity contribution in [1.29, 1.82) is 0 Å². The van der Waals surface area contributed by atoms with Crippen molar-refractivity contribution < 1.29 is 18.7 Å². The lowest BCUT2D eigenvalue weighted by Crippen LogP contribution is -2.12. The highest BCUT2D eigenvalue weighted by Gasteiger charge is 2.10. The Balaban J connectivity index is 2.38. The number of nitrogens with two attached hydrogens (primary N) is 1. The molecule has 1 amide bonds. The molecule has 0 atom stereocenters. The third kappa shape index (κ3) is 2.95. The van der Waals surface area contributed by atoms with Gasteiger partial charge in [0.2, 0.25) is 0 Å². The molecule has 0 aromatic heterocycles. The van der Waals surface area contributed by atoms with Crippen molar-refractivity contribution in [3.05, 3.63) is 59.4 Å². The number of hydrogen-bond donors (Lipinski definition) is 1. The lowest BCUT2D eigenvalue weighted by Gasteiger charge is -2.09. The molecule has 2 aromatic rings. The lowest BCUT2D eigenvalue weighted by molar-refractivity contribution is 0.0997. The van der Waals surface area contributed by atoms with Crippen LogP contribution in [0, 0.1) is 5.82 Å². The van der Waals surface area contributed by atoms with E-state index in [0.29, 0.717) is 6.29 Å². The summed E-state index contributed by atoms with van der Waals surface area (Å²) in [4.78, 5) is 21.9. The van der Waals surface area contributed by atoms with Crippen molar-refractivity contribution >= 4 is 12.2 Å². The molecule has 0 saturated carbocycles. The predicted molar refractivity (Wildman–Crippen MR) is 66.8 cm³/mol. The van der Waals surface area contributed by atoms with E-state index in [2.05, 4.69) is 0 Å². The maximum Gasteiger partial charge on any atom is 0.252 e. The van der Waals surface area contributed by atoms with Crippen LogP contribution in [0.2, 0.25) is 0 Å². The fourth-order valence-electron chi connectivity index (χ4n) is 1.60. The Morgan fingerprint density at radius 3 is 2.63 bits per heavy atom. The number of benzene rings is 2. The molecule has 0 unspecified atom stereocenters. The van der Waals surface area contributed by atoms with Gasteiger partial charge in [-0.15, -0.1) is 0 Å². The summed E-state index contributed by atoms with van der Waals surface area (Å²) in [5, 5.41) is 0. The van der Waals surface area contributed by atoms with Crippen molar-refractivity contribution in [3.8, 4) is 11.5 Å². The number of primary amides is 1. The molecular weight excluding hydrogens is 249 g/mol. The minimum Gasteiger partial charge on any atom is -0.456 e. The van der Waals surface area contributed by atoms with Crippen LogP contribution < -0.4 is 10.5 Å². The van der Waals surface area contributed by atoms with E-state index >= 15 is 0 Å². The van der Waals surface area contributed by atoms with Crippen LogP contribution in [0.3, 0.4) is 0 Å². The number of ether oxygens (including phenoxy) is 1. The standard InChI is InChI=1S/C14H10FNO3/c15-10-5-9(8-17)6-11(7-10)19-13-4-2-1-3-12(13)14(16)18/h1-8H,(H2,16,18). The van der Waals surface area contributed by atoms with E-state index < -0.39 is 11.7 Å². The summed E-state index contributed by atoms with van der Waals surface area (Å²) < 4.78 is 18.6. The molecule has 5 heteroatoms. The first-order valence-corrected chi connectivity index (χ1v) is 5.42. The third-order valence-corrected chi connectivity index (χ3v) is 2.41. The number of carbonyl (C=O) groups is 2. The Hall–Kier alpha value is -2.69. The highest BCUT2D eigenvalue weighted by molar-refractivity contribution is 5.95. The number of hydrogen-bond acceptors (Lipinski definition) is 3. The first-order valence-electron chi connectivity index (χ1n) is 5.42. The van der Waals surface area contributed by atoms with Gasteiger partial charge in [-0.25, -0.2) is 4.39 Å². The normalized spacial score (nSPS) is 9.95. The van der Waals surface area contributed by atoms with E-state index in [0.717, 1.165) is 12.1 Å². The maximum atomic E-state index is 13.2. The molecule has 0 aliphatic carbocycles. The van der Waals surface area contributed by atoms with Gasteiger partial charge < -0.3 is 10.5 Å². The van der Waals surface area contributed by atoms with E-state index in [1.807, 2.05) is 0 Å². The van der Waals surface area contributed by atoms with Crippen molar-refractivity contribution in [2.75, 3.05) is 0 Å². The van der Waals surface area contributed by atoms with Gasteiger partial charge in [-0.3, -0.25) is 9.59 Å². The molecule has 0 aliphatic heterocycles. The Bertz CT molecular complexity index is 640. The average Bonchev–Trinajstić information content (AvgIpc) is 2.38. The van der Waals surface area contributed by atoms with Crippen LogP contribution in [0.15, 0.2) is 42.5 Å². The van der Waals surface area contributed by atoms with Gasteiger partial charge in [0, 0.05) is 11.6 Å². The van der Waals surface area contributed by atoms with Crippen LogP contribution in [0.5, 0.6) is 11.5 Å². The molecule has 0 fully saturated rings. The largest absolute Gasteiger partial charge is 0.456 e. The lowest BCUT2D eigenvalue weighted by atomic mass is 10.2. The van der Waals surface area contributed by atoms with Gasteiger partial charge in [-0.05, 0) is 24.3 Å². The Morgan fingerprint density at radius 1 is 1.21 bits per heavy atom. The van der Waals surface area contributed by atoms with Gasteiger partial charge in [-0.1, -0.05) is 12.1 Å².